The molecule has 3 aromatic carbocycles. The molecule has 0 saturated carbocycles. The minimum Gasteiger partial charge on any atom is -0.487 e. The molecule has 0 radical (unpaired) electrons. The monoisotopic (exact) mass is 532 g/mol. The van der Waals surface area contributed by atoms with Crippen LogP contribution in [0.3, 0.4) is 0 Å². The van der Waals surface area contributed by atoms with Crippen molar-refractivity contribution in [2.75, 3.05) is 17.2 Å². The maximum atomic E-state index is 13.4. The third-order valence-corrected chi connectivity index (χ3v) is 5.61. The van der Waals surface area contributed by atoms with Crippen LogP contribution < -0.4 is 20.7 Å². The van der Waals surface area contributed by atoms with E-state index in [0.29, 0.717) is 44.4 Å². The number of ether oxygens (including phenoxy) is 1. The number of hydrogen-bond donors (Lipinski definition) is 3. The SMILES string of the molecule is N#CCC(=O)NCCC(=O)Nc1ccc2ncnc(Nc3ccc(OCc4cccc(F)c4)c(Cl)c3)c2c1. The van der Waals surface area contributed by atoms with E-state index < -0.39 is 5.91 Å². The summed E-state index contributed by atoms with van der Waals surface area (Å²) in [5.41, 5.74) is 2.52. The Hall–Kier alpha value is -4.75. The van der Waals surface area contributed by atoms with Gasteiger partial charge < -0.3 is 20.7 Å². The second-order valence-electron chi connectivity index (χ2n) is 8.13. The molecular weight excluding hydrogens is 511 g/mol. The largest absolute Gasteiger partial charge is 0.487 e. The summed E-state index contributed by atoms with van der Waals surface area (Å²) in [4.78, 5) is 32.2. The summed E-state index contributed by atoms with van der Waals surface area (Å²) >= 11 is 6.41. The molecule has 4 aromatic rings. The van der Waals surface area contributed by atoms with E-state index in [0.717, 1.165) is 0 Å². The van der Waals surface area contributed by atoms with Gasteiger partial charge in [0, 0.05) is 29.7 Å². The molecule has 0 saturated heterocycles. The van der Waals surface area contributed by atoms with Crippen LogP contribution in [0.4, 0.5) is 21.6 Å². The smallest absolute Gasteiger partial charge is 0.234 e. The molecule has 1 heterocycles. The van der Waals surface area contributed by atoms with Gasteiger partial charge in [-0.2, -0.15) is 5.26 Å². The molecule has 0 spiro atoms. The van der Waals surface area contributed by atoms with Crippen LogP contribution in [0.1, 0.15) is 18.4 Å². The maximum absolute atomic E-state index is 13.4. The number of nitrogens with zero attached hydrogens (tertiary/aromatic N) is 3. The normalized spacial score (nSPS) is 10.4. The number of amides is 2. The van der Waals surface area contributed by atoms with Crippen LogP contribution in [-0.2, 0) is 16.2 Å². The van der Waals surface area contributed by atoms with Crippen molar-refractivity contribution < 1.29 is 18.7 Å². The van der Waals surface area contributed by atoms with Crippen molar-refractivity contribution >= 4 is 51.5 Å². The van der Waals surface area contributed by atoms with Crippen LogP contribution in [-0.4, -0.2) is 28.3 Å². The first-order chi connectivity index (χ1) is 18.4. The van der Waals surface area contributed by atoms with Gasteiger partial charge in [0.1, 0.15) is 36.7 Å². The van der Waals surface area contributed by atoms with E-state index in [4.69, 9.17) is 21.6 Å². The molecule has 38 heavy (non-hydrogen) atoms. The zero-order valence-corrected chi connectivity index (χ0v) is 20.8. The summed E-state index contributed by atoms with van der Waals surface area (Å²) in [6.07, 6.45) is 1.22. The molecule has 4 rings (SSSR count). The van der Waals surface area contributed by atoms with Crippen molar-refractivity contribution in [3.8, 4) is 11.8 Å². The number of fused-ring (bicyclic) bond motifs is 1. The topological polar surface area (TPSA) is 129 Å². The number of hydrogen-bond acceptors (Lipinski definition) is 7. The lowest BCUT2D eigenvalue weighted by atomic mass is 10.2. The van der Waals surface area contributed by atoms with Gasteiger partial charge in [0.05, 0.1) is 16.6 Å². The number of carbonyl (C=O) groups excluding carboxylic acids is 2. The van der Waals surface area contributed by atoms with Gasteiger partial charge >= 0.3 is 0 Å². The van der Waals surface area contributed by atoms with Crippen LogP contribution in [0.5, 0.6) is 5.75 Å². The second-order valence-corrected chi connectivity index (χ2v) is 8.53. The van der Waals surface area contributed by atoms with Crippen molar-refractivity contribution in [2.45, 2.75) is 19.4 Å². The lowest BCUT2D eigenvalue weighted by Crippen LogP contribution is -2.27. The fourth-order valence-corrected chi connectivity index (χ4v) is 3.76. The third-order valence-electron chi connectivity index (χ3n) is 5.31. The summed E-state index contributed by atoms with van der Waals surface area (Å²) in [5.74, 6) is -0.113. The molecule has 0 unspecified atom stereocenters. The lowest BCUT2D eigenvalue weighted by molar-refractivity contribution is -0.120. The molecule has 0 aliphatic rings. The number of nitrogens with one attached hydrogen (secondary N) is 3. The van der Waals surface area contributed by atoms with Crippen molar-refractivity contribution in [3.05, 3.63) is 83.4 Å². The summed E-state index contributed by atoms with van der Waals surface area (Å²) in [7, 11) is 0. The average Bonchev–Trinajstić information content (AvgIpc) is 2.89. The first kappa shape index (κ1) is 26.3. The molecule has 0 bridgehead atoms. The van der Waals surface area contributed by atoms with Crippen LogP contribution in [0.2, 0.25) is 5.02 Å². The summed E-state index contributed by atoms with van der Waals surface area (Å²) in [6, 6.07) is 18.3. The average molecular weight is 533 g/mol. The van der Waals surface area contributed by atoms with E-state index in [2.05, 4.69) is 25.9 Å². The third kappa shape index (κ3) is 7.15. The molecule has 0 aliphatic carbocycles. The van der Waals surface area contributed by atoms with Crippen LogP contribution in [0, 0.1) is 17.1 Å². The van der Waals surface area contributed by atoms with E-state index in [-0.39, 0.29) is 37.7 Å². The van der Waals surface area contributed by atoms with Crippen molar-refractivity contribution in [3.63, 3.8) is 0 Å². The Balaban J connectivity index is 1.42. The molecule has 192 valence electrons. The minimum absolute atomic E-state index is 0.0533. The Labute approximate surface area is 222 Å². The number of benzene rings is 3. The van der Waals surface area contributed by atoms with Crippen LogP contribution in [0.25, 0.3) is 10.9 Å². The molecule has 0 fully saturated rings. The van der Waals surface area contributed by atoms with Gasteiger partial charge in [-0.3, -0.25) is 9.59 Å². The first-order valence-electron chi connectivity index (χ1n) is 11.5. The van der Waals surface area contributed by atoms with E-state index in [1.54, 1.807) is 54.6 Å². The summed E-state index contributed by atoms with van der Waals surface area (Å²) < 4.78 is 19.1. The fraction of sp³-hybridized carbons (Fsp3) is 0.148. The zero-order chi connectivity index (χ0) is 26.9. The fourth-order valence-electron chi connectivity index (χ4n) is 3.53. The molecular formula is C27H22ClFN6O3. The van der Waals surface area contributed by atoms with Crippen molar-refractivity contribution in [2.24, 2.45) is 0 Å². The van der Waals surface area contributed by atoms with E-state index in [9.17, 15) is 14.0 Å². The summed E-state index contributed by atoms with van der Waals surface area (Å²) in [5, 5.41) is 18.0. The van der Waals surface area contributed by atoms with Gasteiger partial charge in [-0.1, -0.05) is 23.7 Å². The number of rotatable bonds is 10. The Morgan fingerprint density at radius 3 is 2.66 bits per heavy atom. The van der Waals surface area contributed by atoms with Gasteiger partial charge in [0.25, 0.3) is 0 Å². The Kier molecular flexibility index (Phi) is 8.64. The Morgan fingerprint density at radius 1 is 1.03 bits per heavy atom. The maximum Gasteiger partial charge on any atom is 0.234 e. The van der Waals surface area contributed by atoms with Crippen molar-refractivity contribution in [1.82, 2.24) is 15.3 Å². The quantitative estimate of drug-likeness (QED) is 0.259. The van der Waals surface area contributed by atoms with Gasteiger partial charge in [0.15, 0.2) is 0 Å². The first-order valence-corrected chi connectivity index (χ1v) is 11.9. The molecule has 9 nitrogen and oxygen atoms in total. The Bertz CT molecular complexity index is 1520. The van der Waals surface area contributed by atoms with E-state index in [1.807, 2.05) is 0 Å². The van der Waals surface area contributed by atoms with E-state index in [1.165, 1.54) is 18.5 Å². The number of nitriles is 1. The number of carbonyl (C=O) groups is 2. The number of halogens is 2. The highest BCUT2D eigenvalue weighted by molar-refractivity contribution is 6.32. The molecule has 0 aliphatic heterocycles. The number of anilines is 3. The highest BCUT2D eigenvalue weighted by atomic mass is 35.5. The highest BCUT2D eigenvalue weighted by Gasteiger charge is 2.10. The second kappa shape index (κ2) is 12.5. The predicted molar refractivity (Wildman–Crippen MR) is 141 cm³/mol. The molecule has 1 aromatic heterocycles. The van der Waals surface area contributed by atoms with Gasteiger partial charge in [-0.05, 0) is 54.1 Å². The Morgan fingerprint density at radius 2 is 1.87 bits per heavy atom. The zero-order valence-electron chi connectivity index (χ0n) is 20.0. The van der Waals surface area contributed by atoms with Gasteiger partial charge in [-0.15, -0.1) is 0 Å². The van der Waals surface area contributed by atoms with Crippen molar-refractivity contribution in [1.29, 1.82) is 5.26 Å². The molecule has 3 N–H and O–H groups in total. The standard InChI is InChI=1S/C27H22ClFN6O3/c28-22-14-20(5-7-24(22)38-15-17-2-1-3-18(29)12-17)35-27-21-13-19(4-6-23(21)32-16-33-27)34-26(37)9-11-31-25(36)8-10-30/h1-7,12-14,16H,8-9,11,15H2,(H,31,36)(H,34,37)(H,32,33,35). The molecule has 0 atom stereocenters. The highest BCUT2D eigenvalue weighted by Crippen LogP contribution is 2.31. The summed E-state index contributed by atoms with van der Waals surface area (Å²) in [6.45, 7) is 0.292. The van der Waals surface area contributed by atoms with Crippen LogP contribution >= 0.6 is 11.6 Å². The predicted octanol–water partition coefficient (Wildman–Crippen LogP) is 5.10. The minimum atomic E-state index is -0.426. The molecule has 2 amide bonds. The van der Waals surface area contributed by atoms with Gasteiger partial charge in [0.2, 0.25) is 11.8 Å². The van der Waals surface area contributed by atoms with E-state index >= 15 is 0 Å². The van der Waals surface area contributed by atoms with Crippen LogP contribution in [0.15, 0.2) is 67.0 Å². The molecule has 11 heteroatoms. The van der Waals surface area contributed by atoms with Gasteiger partial charge in [-0.25, -0.2) is 14.4 Å². The number of aromatic nitrogens is 2. The lowest BCUT2D eigenvalue weighted by Gasteiger charge is -2.13.